The summed E-state index contributed by atoms with van der Waals surface area (Å²) in [6, 6.07) is 22.3. The highest BCUT2D eigenvalue weighted by molar-refractivity contribution is 7.56. The van der Waals surface area contributed by atoms with Crippen molar-refractivity contribution < 1.29 is 50.1 Å². The lowest BCUT2D eigenvalue weighted by atomic mass is 10.2. The van der Waals surface area contributed by atoms with Gasteiger partial charge in [-0.1, -0.05) is 54.6 Å². The lowest BCUT2D eigenvalue weighted by molar-refractivity contribution is -0.146. The maximum Gasteiger partial charge on any atom is 0.353 e. The van der Waals surface area contributed by atoms with Crippen molar-refractivity contribution in [3.05, 3.63) is 130 Å². The SMILES string of the molecule is CC(NP(=O)(Cc1ccc2sc(C(=O)Oc3c(F)c(F)c(F)c(F)c3F)cc2c1)Oc1ccccc1)C(=O)OCc1ccccc1. The summed E-state index contributed by atoms with van der Waals surface area (Å²) in [5.41, 5.74) is 1.23. The molecule has 14 heteroatoms. The summed E-state index contributed by atoms with van der Waals surface area (Å²) in [6.45, 7) is 1.50. The first-order valence-electron chi connectivity index (χ1n) is 13.5. The maximum absolute atomic E-state index is 14.2. The van der Waals surface area contributed by atoms with Gasteiger partial charge in [-0.25, -0.2) is 23.1 Å². The summed E-state index contributed by atoms with van der Waals surface area (Å²) in [7, 11) is -3.85. The minimum Gasteiger partial charge on any atom is -0.460 e. The third-order valence-electron chi connectivity index (χ3n) is 6.50. The van der Waals surface area contributed by atoms with Crippen LogP contribution >= 0.6 is 18.9 Å². The number of esters is 2. The fourth-order valence-electron chi connectivity index (χ4n) is 4.31. The van der Waals surface area contributed by atoms with Crippen LogP contribution in [0.15, 0.2) is 84.9 Å². The van der Waals surface area contributed by atoms with Gasteiger partial charge in [-0.3, -0.25) is 9.36 Å². The van der Waals surface area contributed by atoms with E-state index in [4.69, 9.17) is 9.26 Å². The molecule has 5 aromatic rings. The molecule has 0 aliphatic heterocycles. The van der Waals surface area contributed by atoms with Crippen LogP contribution in [0.4, 0.5) is 22.0 Å². The summed E-state index contributed by atoms with van der Waals surface area (Å²) < 4.78 is 99.0. The zero-order chi connectivity index (χ0) is 33.0. The van der Waals surface area contributed by atoms with Crippen LogP contribution in [0.2, 0.25) is 0 Å². The second-order valence-corrected chi connectivity index (χ2v) is 13.1. The fraction of sp³-hybridized carbons (Fsp3) is 0.125. The molecule has 0 amide bonds. The van der Waals surface area contributed by atoms with Gasteiger partial charge < -0.3 is 14.0 Å². The molecule has 5 rings (SSSR count). The maximum atomic E-state index is 14.2. The standard InChI is InChI=1S/C32H23F5NO6PS/c1-18(31(39)42-16-19-8-4-2-5-9-19)38-45(41,44-22-10-6-3-7-11-22)17-20-12-13-23-21(14-20)15-24(46-23)32(40)43-30-28(36)26(34)25(33)27(35)29(30)37/h2-15,18H,16-17H2,1H3,(H,38,41). The predicted octanol–water partition coefficient (Wildman–Crippen LogP) is 8.31. The topological polar surface area (TPSA) is 90.9 Å². The van der Waals surface area contributed by atoms with Gasteiger partial charge in [0, 0.05) is 4.70 Å². The van der Waals surface area contributed by atoms with Crippen LogP contribution in [0.1, 0.15) is 27.7 Å². The lowest BCUT2D eigenvalue weighted by Gasteiger charge is -2.24. The average Bonchev–Trinajstić information content (AvgIpc) is 3.48. The first-order valence-corrected chi connectivity index (χ1v) is 16.1. The minimum absolute atomic E-state index is 0.0133. The molecule has 0 bridgehead atoms. The van der Waals surface area contributed by atoms with E-state index < -0.39 is 60.3 Å². The van der Waals surface area contributed by atoms with E-state index in [9.17, 15) is 36.1 Å². The Hall–Kier alpha value is -4.58. The molecule has 7 nitrogen and oxygen atoms in total. The molecule has 0 aliphatic carbocycles. The highest BCUT2D eigenvalue weighted by Crippen LogP contribution is 2.47. The van der Waals surface area contributed by atoms with Gasteiger partial charge in [-0.2, -0.15) is 8.78 Å². The van der Waals surface area contributed by atoms with Crippen LogP contribution in [0.25, 0.3) is 10.1 Å². The number of ether oxygens (including phenoxy) is 2. The summed E-state index contributed by atoms with van der Waals surface area (Å²) in [5.74, 6) is -14.9. The van der Waals surface area contributed by atoms with Crippen LogP contribution in [0, 0.1) is 29.1 Å². The zero-order valence-corrected chi connectivity index (χ0v) is 25.5. The molecule has 2 unspecified atom stereocenters. The number of para-hydroxylation sites is 1. The Morgan fingerprint density at radius 2 is 1.41 bits per heavy atom. The molecule has 0 aliphatic rings. The molecule has 1 aromatic heterocycles. The van der Waals surface area contributed by atoms with Crippen molar-refractivity contribution in [1.29, 1.82) is 0 Å². The fourth-order valence-corrected chi connectivity index (χ4v) is 7.27. The highest BCUT2D eigenvalue weighted by Gasteiger charge is 2.32. The van der Waals surface area contributed by atoms with Gasteiger partial charge in [-0.05, 0) is 53.8 Å². The molecule has 0 saturated carbocycles. The number of thiophene rings is 1. The molecule has 0 spiro atoms. The molecular weight excluding hydrogens is 652 g/mol. The highest BCUT2D eigenvalue weighted by atomic mass is 32.1. The molecule has 2 atom stereocenters. The number of halogens is 5. The van der Waals surface area contributed by atoms with Gasteiger partial charge in [-0.15, -0.1) is 11.3 Å². The Morgan fingerprint density at radius 1 is 0.804 bits per heavy atom. The third kappa shape index (κ3) is 7.44. The van der Waals surface area contributed by atoms with Crippen LogP contribution in [-0.4, -0.2) is 18.0 Å². The normalized spacial score (nSPS) is 13.2. The number of hydrogen-bond acceptors (Lipinski definition) is 7. The number of hydrogen-bond donors (Lipinski definition) is 1. The van der Waals surface area contributed by atoms with Gasteiger partial charge >= 0.3 is 19.5 Å². The number of carbonyl (C=O) groups excluding carboxylic acids is 2. The number of fused-ring (bicyclic) bond motifs is 1. The smallest absolute Gasteiger partial charge is 0.353 e. The van der Waals surface area contributed by atoms with Crippen molar-refractivity contribution in [2.24, 2.45) is 0 Å². The Bertz CT molecular complexity index is 1930. The molecule has 0 saturated heterocycles. The van der Waals surface area contributed by atoms with Crippen molar-refractivity contribution in [2.75, 3.05) is 0 Å². The largest absolute Gasteiger partial charge is 0.460 e. The molecule has 0 fully saturated rings. The summed E-state index contributed by atoms with van der Waals surface area (Å²) in [6.07, 6.45) is -0.214. The lowest BCUT2D eigenvalue weighted by Crippen LogP contribution is -2.34. The van der Waals surface area contributed by atoms with Gasteiger partial charge in [0.25, 0.3) is 0 Å². The van der Waals surface area contributed by atoms with E-state index >= 15 is 0 Å². The first kappa shape index (κ1) is 32.8. The van der Waals surface area contributed by atoms with Crippen LogP contribution in [0.3, 0.4) is 0 Å². The molecule has 4 aromatic carbocycles. The van der Waals surface area contributed by atoms with Crippen LogP contribution in [0.5, 0.6) is 11.5 Å². The Balaban J connectivity index is 1.35. The predicted molar refractivity (Wildman–Crippen MR) is 160 cm³/mol. The van der Waals surface area contributed by atoms with Crippen molar-refractivity contribution in [1.82, 2.24) is 5.09 Å². The number of nitrogens with one attached hydrogen (secondary N) is 1. The molecular formula is C32H23F5NO6PS. The second kappa shape index (κ2) is 13.8. The van der Waals surface area contributed by atoms with Crippen molar-refractivity contribution in [3.63, 3.8) is 0 Å². The Labute approximate surface area is 263 Å². The van der Waals surface area contributed by atoms with Gasteiger partial charge in [0.05, 0.1) is 6.16 Å². The van der Waals surface area contributed by atoms with E-state index in [2.05, 4.69) is 9.82 Å². The zero-order valence-electron chi connectivity index (χ0n) is 23.8. The van der Waals surface area contributed by atoms with Gasteiger partial charge in [0.2, 0.25) is 34.8 Å². The monoisotopic (exact) mass is 675 g/mol. The molecule has 46 heavy (non-hydrogen) atoms. The number of rotatable bonds is 11. The third-order valence-corrected chi connectivity index (χ3v) is 9.66. The Morgan fingerprint density at radius 3 is 2.07 bits per heavy atom. The molecule has 1 N–H and O–H groups in total. The number of carbonyl (C=O) groups is 2. The van der Waals surface area contributed by atoms with E-state index in [-0.39, 0.29) is 23.4 Å². The Kier molecular flexibility index (Phi) is 9.85. The molecule has 238 valence electrons. The van der Waals surface area contributed by atoms with E-state index in [0.29, 0.717) is 15.6 Å². The molecule has 1 heterocycles. The van der Waals surface area contributed by atoms with E-state index in [0.717, 1.165) is 16.9 Å². The summed E-state index contributed by atoms with van der Waals surface area (Å²) in [5, 5.41) is 3.20. The van der Waals surface area contributed by atoms with Crippen molar-refractivity contribution >= 4 is 40.9 Å². The van der Waals surface area contributed by atoms with Crippen LogP contribution < -0.4 is 14.3 Å². The number of benzene rings is 4. The summed E-state index contributed by atoms with van der Waals surface area (Å²) in [4.78, 5) is 25.2. The molecule has 0 radical (unpaired) electrons. The first-order chi connectivity index (χ1) is 21.9. The van der Waals surface area contributed by atoms with E-state index in [1.54, 1.807) is 72.8 Å². The van der Waals surface area contributed by atoms with Gasteiger partial charge in [0.15, 0.2) is 0 Å². The van der Waals surface area contributed by atoms with Crippen molar-refractivity contribution in [2.45, 2.75) is 25.7 Å². The van der Waals surface area contributed by atoms with E-state index in [1.807, 2.05) is 6.07 Å². The average molecular weight is 676 g/mol. The quantitative estimate of drug-likeness (QED) is 0.0376. The second-order valence-electron chi connectivity index (χ2n) is 9.95. The van der Waals surface area contributed by atoms with Gasteiger partial charge in [0.1, 0.15) is 23.3 Å². The summed E-state index contributed by atoms with van der Waals surface area (Å²) >= 11 is 0.837. The van der Waals surface area contributed by atoms with E-state index in [1.165, 1.54) is 13.0 Å². The van der Waals surface area contributed by atoms with Crippen LogP contribution in [-0.2, 0) is 26.9 Å². The van der Waals surface area contributed by atoms with Crippen molar-refractivity contribution in [3.8, 4) is 11.5 Å². The minimum atomic E-state index is -3.85.